The summed E-state index contributed by atoms with van der Waals surface area (Å²) in [5, 5.41) is 13.5. The monoisotopic (exact) mass is 299 g/mol. The van der Waals surface area contributed by atoms with Crippen LogP contribution in [0.1, 0.15) is 72.1 Å². The Hall–Kier alpha value is -0.120. The summed E-state index contributed by atoms with van der Waals surface area (Å²) in [6.45, 7) is 8.66. The van der Waals surface area contributed by atoms with Gasteiger partial charge in [-0.05, 0) is 50.4 Å². The van der Waals surface area contributed by atoms with Gasteiger partial charge in [0.15, 0.2) is 0 Å². The molecule has 1 fully saturated rings. The first kappa shape index (κ1) is 18.9. The molecule has 1 saturated carbocycles. The summed E-state index contributed by atoms with van der Waals surface area (Å²) >= 11 is 0. The molecule has 0 aromatic heterocycles. The fourth-order valence-electron chi connectivity index (χ4n) is 3.24. The molecule has 1 aliphatic carbocycles. The lowest BCUT2D eigenvalue weighted by Crippen LogP contribution is -2.39. The molecule has 0 aliphatic heterocycles. The van der Waals surface area contributed by atoms with E-state index in [1.807, 2.05) is 0 Å². The summed E-state index contributed by atoms with van der Waals surface area (Å²) in [6.07, 6.45) is 9.89. The number of aliphatic hydroxyl groups excluding tert-OH is 1. The van der Waals surface area contributed by atoms with E-state index in [0.717, 1.165) is 24.9 Å². The summed E-state index contributed by atoms with van der Waals surface area (Å²) in [5.74, 6) is 1.69. The number of nitrogens with one attached hydrogen (secondary N) is 1. The first-order valence-electron chi connectivity index (χ1n) is 9.11. The molecular weight excluding hydrogens is 262 g/mol. The Bertz CT molecular complexity index is 237. The summed E-state index contributed by atoms with van der Waals surface area (Å²) in [7, 11) is 0. The van der Waals surface area contributed by atoms with E-state index in [9.17, 15) is 5.11 Å². The van der Waals surface area contributed by atoms with Gasteiger partial charge in [-0.25, -0.2) is 0 Å². The highest BCUT2D eigenvalue weighted by Gasteiger charge is 2.20. The Balaban J connectivity index is 1.97. The van der Waals surface area contributed by atoms with E-state index < -0.39 is 0 Å². The summed E-state index contributed by atoms with van der Waals surface area (Å²) < 4.78 is 5.54. The second kappa shape index (κ2) is 11.4. The Kier molecular flexibility index (Phi) is 10.3. The number of hydrogen-bond donors (Lipinski definition) is 2. The van der Waals surface area contributed by atoms with Crippen LogP contribution in [0.15, 0.2) is 0 Å². The van der Waals surface area contributed by atoms with Crippen LogP contribution in [0.3, 0.4) is 0 Å². The maximum atomic E-state index is 9.94. The van der Waals surface area contributed by atoms with E-state index in [4.69, 9.17) is 4.74 Å². The lowest BCUT2D eigenvalue weighted by molar-refractivity contribution is 0.0325. The maximum Gasteiger partial charge on any atom is 0.0897 e. The Labute approximate surface area is 131 Å². The molecule has 0 saturated heterocycles. The highest BCUT2D eigenvalue weighted by atomic mass is 16.5. The molecule has 1 unspecified atom stereocenters. The zero-order chi connectivity index (χ0) is 15.5. The number of aliphatic hydroxyl groups is 1. The van der Waals surface area contributed by atoms with Gasteiger partial charge in [0.1, 0.15) is 0 Å². The highest BCUT2D eigenvalue weighted by molar-refractivity contribution is 4.78. The quantitative estimate of drug-likeness (QED) is 0.571. The van der Waals surface area contributed by atoms with Crippen molar-refractivity contribution >= 4 is 0 Å². The Morgan fingerprint density at radius 3 is 2.52 bits per heavy atom. The van der Waals surface area contributed by atoms with Gasteiger partial charge in [-0.15, -0.1) is 0 Å². The second-order valence-electron chi connectivity index (χ2n) is 7.18. The lowest BCUT2D eigenvalue weighted by Gasteiger charge is -2.29. The molecule has 0 amide bonds. The molecule has 0 heterocycles. The zero-order valence-corrected chi connectivity index (χ0v) is 14.4. The van der Waals surface area contributed by atoms with Crippen LogP contribution < -0.4 is 5.32 Å². The molecule has 1 rings (SSSR count). The van der Waals surface area contributed by atoms with Crippen molar-refractivity contribution in [2.24, 2.45) is 11.8 Å². The third-order valence-electron chi connectivity index (χ3n) is 4.57. The average Bonchev–Trinajstić information content (AvgIpc) is 2.46. The van der Waals surface area contributed by atoms with Crippen LogP contribution in [0.4, 0.5) is 0 Å². The minimum absolute atomic E-state index is 0.364. The molecule has 0 spiro atoms. The van der Waals surface area contributed by atoms with Crippen molar-refractivity contribution in [2.45, 2.75) is 84.3 Å². The first-order valence-corrected chi connectivity index (χ1v) is 9.11. The molecular formula is C18H37NO2. The van der Waals surface area contributed by atoms with E-state index in [2.05, 4.69) is 26.1 Å². The minimum atomic E-state index is -0.364. The van der Waals surface area contributed by atoms with Crippen LogP contribution in [0, 0.1) is 11.8 Å². The molecule has 3 nitrogen and oxygen atoms in total. The molecule has 0 aromatic carbocycles. The number of ether oxygens (including phenoxy) is 1. The van der Waals surface area contributed by atoms with Crippen molar-refractivity contribution in [3.8, 4) is 0 Å². The van der Waals surface area contributed by atoms with E-state index in [-0.39, 0.29) is 6.10 Å². The third-order valence-corrected chi connectivity index (χ3v) is 4.57. The molecule has 0 radical (unpaired) electrons. The second-order valence-corrected chi connectivity index (χ2v) is 7.18. The van der Waals surface area contributed by atoms with Crippen molar-refractivity contribution in [3.05, 3.63) is 0 Å². The largest absolute Gasteiger partial charge is 0.389 e. The normalized spacial score (nSPS) is 24.4. The molecule has 2 N–H and O–H groups in total. The third kappa shape index (κ3) is 9.49. The molecule has 1 aliphatic rings. The predicted octanol–water partition coefficient (Wildman–Crippen LogP) is 3.75. The number of hydrogen-bond acceptors (Lipinski definition) is 3. The van der Waals surface area contributed by atoms with Gasteiger partial charge in [-0.1, -0.05) is 33.6 Å². The van der Waals surface area contributed by atoms with Crippen molar-refractivity contribution < 1.29 is 9.84 Å². The Morgan fingerprint density at radius 2 is 1.90 bits per heavy atom. The summed E-state index contributed by atoms with van der Waals surface area (Å²) in [5.41, 5.74) is 0. The standard InChI is InChI=1S/C18H37NO2/c1-4-6-16-8-10-17(11-9-16)19-13-18(20)14-21-12-5-7-15(2)3/h15-20H,4-14H2,1-3H3. The van der Waals surface area contributed by atoms with Crippen molar-refractivity contribution in [2.75, 3.05) is 19.8 Å². The summed E-state index contributed by atoms with van der Waals surface area (Å²) in [6, 6.07) is 0.605. The van der Waals surface area contributed by atoms with Crippen molar-refractivity contribution in [1.82, 2.24) is 5.32 Å². The first-order chi connectivity index (χ1) is 10.1. The van der Waals surface area contributed by atoms with Gasteiger partial charge in [0.05, 0.1) is 12.7 Å². The molecule has 3 heteroatoms. The van der Waals surface area contributed by atoms with Gasteiger partial charge in [-0.2, -0.15) is 0 Å². The van der Waals surface area contributed by atoms with Gasteiger partial charge in [-0.3, -0.25) is 0 Å². The maximum absolute atomic E-state index is 9.94. The number of rotatable bonds is 11. The lowest BCUT2D eigenvalue weighted by atomic mass is 9.83. The van der Waals surface area contributed by atoms with Gasteiger partial charge in [0.25, 0.3) is 0 Å². The van der Waals surface area contributed by atoms with Crippen LogP contribution >= 0.6 is 0 Å². The van der Waals surface area contributed by atoms with E-state index in [1.54, 1.807) is 0 Å². The summed E-state index contributed by atoms with van der Waals surface area (Å²) in [4.78, 5) is 0. The zero-order valence-electron chi connectivity index (χ0n) is 14.4. The molecule has 1 atom stereocenters. The van der Waals surface area contributed by atoms with Crippen LogP contribution in [0.25, 0.3) is 0 Å². The van der Waals surface area contributed by atoms with Crippen LogP contribution in [-0.4, -0.2) is 37.0 Å². The van der Waals surface area contributed by atoms with Crippen molar-refractivity contribution in [3.63, 3.8) is 0 Å². The minimum Gasteiger partial charge on any atom is -0.389 e. The van der Waals surface area contributed by atoms with Gasteiger partial charge >= 0.3 is 0 Å². The molecule has 0 aromatic rings. The van der Waals surface area contributed by atoms with Crippen molar-refractivity contribution in [1.29, 1.82) is 0 Å². The van der Waals surface area contributed by atoms with Crippen LogP contribution in [-0.2, 0) is 4.74 Å². The SMILES string of the molecule is CCCC1CCC(NCC(O)COCCCC(C)C)CC1. The van der Waals surface area contributed by atoms with Gasteiger partial charge in [0, 0.05) is 19.2 Å². The average molecular weight is 299 g/mol. The topological polar surface area (TPSA) is 41.5 Å². The van der Waals surface area contributed by atoms with E-state index in [1.165, 1.54) is 44.9 Å². The fraction of sp³-hybridized carbons (Fsp3) is 1.00. The van der Waals surface area contributed by atoms with E-state index in [0.29, 0.717) is 19.2 Å². The predicted molar refractivity (Wildman–Crippen MR) is 89.6 cm³/mol. The molecule has 0 bridgehead atoms. The fourth-order valence-corrected chi connectivity index (χ4v) is 3.24. The van der Waals surface area contributed by atoms with E-state index >= 15 is 0 Å². The van der Waals surface area contributed by atoms with Gasteiger partial charge < -0.3 is 15.2 Å². The van der Waals surface area contributed by atoms with Crippen LogP contribution in [0.5, 0.6) is 0 Å². The smallest absolute Gasteiger partial charge is 0.0897 e. The van der Waals surface area contributed by atoms with Crippen LogP contribution in [0.2, 0.25) is 0 Å². The molecule has 126 valence electrons. The van der Waals surface area contributed by atoms with Gasteiger partial charge in [0.2, 0.25) is 0 Å². The highest BCUT2D eigenvalue weighted by Crippen LogP contribution is 2.27. The molecule has 21 heavy (non-hydrogen) atoms. The Morgan fingerprint density at radius 1 is 1.19 bits per heavy atom.